The van der Waals surface area contributed by atoms with Gasteiger partial charge in [0.25, 0.3) is 0 Å². The van der Waals surface area contributed by atoms with Gasteiger partial charge >= 0.3 is 57.6 Å². The van der Waals surface area contributed by atoms with Crippen molar-refractivity contribution in [1.29, 1.82) is 0 Å². The molecule has 2 fully saturated rings. The van der Waals surface area contributed by atoms with Gasteiger partial charge in [-0.3, -0.25) is 9.69 Å². The van der Waals surface area contributed by atoms with Crippen LogP contribution in [0.4, 0.5) is 35.9 Å². The number of carbonyl (C=O) groups excluding carboxylic acids is 3. The second-order valence-corrected chi connectivity index (χ2v) is 16.1. The normalized spacial score (nSPS) is 18.1. The minimum Gasteiger partial charge on any atom is -0.640 e. The third-order valence-electron chi connectivity index (χ3n) is 7.78. The van der Waals surface area contributed by atoms with Crippen molar-refractivity contribution in [1.82, 2.24) is 9.80 Å². The molecule has 20 heteroatoms. The molecule has 56 heavy (non-hydrogen) atoms. The van der Waals surface area contributed by atoms with Crippen molar-refractivity contribution < 1.29 is 102 Å². The summed E-state index contributed by atoms with van der Waals surface area (Å²) in [4.78, 5) is 37.6. The molecule has 1 unspecified atom stereocenters. The van der Waals surface area contributed by atoms with Gasteiger partial charge in [0, 0.05) is 77.3 Å². The topological polar surface area (TPSA) is 133 Å². The fourth-order valence-electron chi connectivity index (χ4n) is 5.30. The van der Waals surface area contributed by atoms with E-state index < -0.39 is 98.1 Å². The van der Waals surface area contributed by atoms with Crippen molar-refractivity contribution >= 4 is 34.0 Å². The second kappa shape index (κ2) is 23.8. The molecule has 3 amide bonds. The maximum Gasteiger partial charge on any atom is 1.00 e. The van der Waals surface area contributed by atoms with E-state index in [1.54, 1.807) is 55.8 Å². The van der Waals surface area contributed by atoms with Crippen LogP contribution in [0.25, 0.3) is 0 Å². The van der Waals surface area contributed by atoms with Crippen LogP contribution in [0.15, 0.2) is 24.3 Å². The monoisotopic (exact) mass is 834 g/mol. The van der Waals surface area contributed by atoms with Crippen LogP contribution in [0, 0.1) is 34.9 Å². The minimum absolute atomic E-state index is 0. The molecule has 4 rings (SSSR count). The molecule has 1 N–H and O–H groups in total. The Kier molecular flexibility index (Phi) is 22.0. The van der Waals surface area contributed by atoms with E-state index in [9.17, 15) is 45.8 Å². The number of rotatable bonds is 10. The van der Waals surface area contributed by atoms with Crippen molar-refractivity contribution in [2.45, 2.75) is 83.6 Å². The number of likely N-dealkylation sites (tertiary alicyclic amines) is 2. The van der Waals surface area contributed by atoms with E-state index in [1.807, 2.05) is 0 Å². The Bertz CT molecular complexity index is 1590. The fourth-order valence-corrected chi connectivity index (χ4v) is 6.13. The Labute approximate surface area is 351 Å². The van der Waals surface area contributed by atoms with Crippen LogP contribution in [0.1, 0.15) is 77.3 Å². The van der Waals surface area contributed by atoms with E-state index in [-0.39, 0.29) is 66.6 Å². The van der Waals surface area contributed by atoms with Crippen LogP contribution in [0.5, 0.6) is 0 Å². The van der Waals surface area contributed by atoms with Crippen LogP contribution in [-0.4, -0.2) is 120 Å². The number of amides is 3. The summed E-state index contributed by atoms with van der Waals surface area (Å²) < 4.78 is 111. The Morgan fingerprint density at radius 1 is 0.732 bits per heavy atom. The van der Waals surface area contributed by atoms with Gasteiger partial charge in [0.1, 0.15) is 29.1 Å². The number of imide groups is 1. The first-order chi connectivity index (χ1) is 25.6. The molecule has 2 aliphatic rings. The molecule has 2 saturated heterocycles. The predicted octanol–water partition coefficient (Wildman–Crippen LogP) is 2.82. The van der Waals surface area contributed by atoms with Crippen LogP contribution < -0.4 is 29.6 Å². The third kappa shape index (κ3) is 17.2. The number of hydrogen-bond donors (Lipinski definition) is 1. The molecule has 0 bridgehead atoms. The largest absolute Gasteiger partial charge is 1.00 e. The number of benzene rings is 2. The Balaban J connectivity index is 0.000000441. The van der Waals surface area contributed by atoms with Gasteiger partial charge in [0.2, 0.25) is 5.91 Å². The molecule has 2 aliphatic heterocycles. The molecule has 12 nitrogen and oxygen atoms in total. The summed E-state index contributed by atoms with van der Waals surface area (Å²) in [5.41, 5.74) is -1.98. The number of halogens is 6. The minimum atomic E-state index is -1.32. The average molecular weight is 835 g/mol. The predicted molar refractivity (Wildman–Crippen MR) is 188 cm³/mol. The van der Waals surface area contributed by atoms with E-state index in [0.29, 0.717) is 38.6 Å². The van der Waals surface area contributed by atoms with Crippen molar-refractivity contribution in [3.63, 3.8) is 0 Å². The SMILES string of the molecule is CC(C)(C)OC(=O)N1C[C@@H](c2cc(F)cc(F)c2F)CC1=O.CC(C)(C)OC(=O)N1C[C@@H](c2cc(F)cc(F)c2F)CC1O.COCC[O][AlH2-][O]CCOC.[Na+]. The zero-order valence-electron chi connectivity index (χ0n) is 33.5. The van der Waals surface area contributed by atoms with Crippen molar-refractivity contribution in [2.24, 2.45) is 0 Å². The van der Waals surface area contributed by atoms with Gasteiger partial charge in [0.15, 0.2) is 23.3 Å². The number of nitrogens with zero attached hydrogens (tertiary/aromatic N) is 2. The van der Waals surface area contributed by atoms with E-state index >= 15 is 0 Å². The van der Waals surface area contributed by atoms with E-state index in [1.165, 1.54) is 0 Å². The maximum absolute atomic E-state index is 13.8. The average Bonchev–Trinajstić information content (AvgIpc) is 3.65. The molecule has 3 atom stereocenters. The van der Waals surface area contributed by atoms with Crippen molar-refractivity contribution in [2.75, 3.05) is 53.7 Å². The van der Waals surface area contributed by atoms with Gasteiger partial charge in [0.05, 0.1) is 13.2 Å². The molecule has 0 saturated carbocycles. The van der Waals surface area contributed by atoms with Crippen LogP contribution in [-0.2, 0) is 31.3 Å². The fraction of sp³-hybridized carbons (Fsp3) is 0.583. The van der Waals surface area contributed by atoms with Gasteiger partial charge in [-0.2, -0.15) is 0 Å². The van der Waals surface area contributed by atoms with Gasteiger partial charge in [-0.15, -0.1) is 0 Å². The maximum atomic E-state index is 13.8. The molecule has 2 aromatic rings. The molecule has 2 aromatic carbocycles. The van der Waals surface area contributed by atoms with Crippen LogP contribution >= 0.6 is 0 Å². The van der Waals surface area contributed by atoms with Crippen molar-refractivity contribution in [3.05, 3.63) is 70.3 Å². The molecular weight excluding hydrogens is 784 g/mol. The first-order valence-corrected chi connectivity index (χ1v) is 19.1. The summed E-state index contributed by atoms with van der Waals surface area (Å²) in [7, 11) is 3.31. The number of hydrogen-bond acceptors (Lipinski definition) is 10. The summed E-state index contributed by atoms with van der Waals surface area (Å²) in [6.07, 6.45) is -3.01. The molecule has 310 valence electrons. The summed E-state index contributed by atoms with van der Waals surface area (Å²) in [6, 6.07) is 2.61. The van der Waals surface area contributed by atoms with Gasteiger partial charge in [-0.1, -0.05) is 0 Å². The van der Waals surface area contributed by atoms with E-state index in [4.69, 9.17) is 26.5 Å². The Hall–Kier alpha value is -2.44. The van der Waals surface area contributed by atoms with Crippen LogP contribution in [0.3, 0.4) is 0 Å². The first kappa shape index (κ1) is 51.6. The summed E-state index contributed by atoms with van der Waals surface area (Å²) >= 11 is -1.23. The van der Waals surface area contributed by atoms with Crippen LogP contribution in [0.2, 0.25) is 0 Å². The molecule has 2 heterocycles. The van der Waals surface area contributed by atoms with Crippen molar-refractivity contribution in [3.8, 4) is 0 Å². The number of carbonyl (C=O) groups is 3. The number of aliphatic hydroxyl groups is 1. The van der Waals surface area contributed by atoms with E-state index in [2.05, 4.69) is 0 Å². The standard InChI is InChI=1S/C15H18F3NO3.C15H16F3NO3.2C3H7O2.Al.Na.2H/c2*1-15(2,3)22-14(21)19-7-8(4-12(19)20)10-5-9(16)6-11(17)13(10)18;2*1-5-3-2-4;;;;/h5-6,8,12,20H,4,7H2,1-3H3;5-6,8H,4,7H2,1-3H3;2*2-3H2,1H3;;;;/q;;2*-1;2*+1;;/t8-,12?;8-;;;;;;/m00....../s1. The molecular formula is C36H50AlF6N2NaO10. The van der Waals surface area contributed by atoms with Gasteiger partial charge in [-0.25, -0.2) is 40.8 Å². The second-order valence-electron chi connectivity index (χ2n) is 14.7. The Morgan fingerprint density at radius 3 is 1.62 bits per heavy atom. The number of ether oxygens (including phenoxy) is 4. The first-order valence-electron chi connectivity index (χ1n) is 17.5. The third-order valence-corrected chi connectivity index (χ3v) is 9.07. The Morgan fingerprint density at radius 2 is 1.18 bits per heavy atom. The number of aliphatic hydroxyl groups excluding tert-OH is 1. The summed E-state index contributed by atoms with van der Waals surface area (Å²) in [6.45, 7) is 12.3. The molecule has 0 spiro atoms. The smallest absolute Gasteiger partial charge is 0.640 e. The molecule has 0 radical (unpaired) electrons. The summed E-state index contributed by atoms with van der Waals surface area (Å²) in [5.74, 6) is -8.88. The van der Waals surface area contributed by atoms with Gasteiger partial charge in [-0.05, 0) is 64.8 Å². The molecule has 0 aromatic heterocycles. The zero-order chi connectivity index (χ0) is 41.7. The molecule has 0 aliphatic carbocycles. The van der Waals surface area contributed by atoms with Gasteiger partial charge < -0.3 is 31.6 Å². The number of methoxy groups -OCH3 is 2. The zero-order valence-corrected chi connectivity index (χ0v) is 37.5. The van der Waals surface area contributed by atoms with E-state index in [0.717, 1.165) is 21.9 Å². The summed E-state index contributed by atoms with van der Waals surface area (Å²) in [5, 5.41) is 9.93. The quantitative estimate of drug-likeness (QED) is 0.165.